The van der Waals surface area contributed by atoms with Gasteiger partial charge in [0.05, 0.1) is 36.9 Å². The van der Waals surface area contributed by atoms with E-state index in [4.69, 9.17) is 19.2 Å². The van der Waals surface area contributed by atoms with E-state index in [0.29, 0.717) is 12.3 Å². The lowest BCUT2D eigenvalue weighted by atomic mass is 9.92. The fraction of sp³-hybridized carbons (Fsp3) is 0.333. The SMILES string of the molecule is COC(=O)C[C@H]1C[C@@H](/C=C/c2c(C3CC3)nc3ccccc3c2-c2ccc(F)cc2)OCO1. The quantitative estimate of drug-likeness (QED) is 0.459. The maximum Gasteiger partial charge on any atom is 0.308 e. The second-order valence-corrected chi connectivity index (χ2v) is 8.57. The van der Waals surface area contributed by atoms with E-state index in [1.807, 2.05) is 36.4 Å². The van der Waals surface area contributed by atoms with Crippen LogP contribution in [0.4, 0.5) is 4.39 Å². The Morgan fingerprint density at radius 2 is 1.94 bits per heavy atom. The number of pyridine rings is 1. The molecule has 5 nitrogen and oxygen atoms in total. The third-order valence-corrected chi connectivity index (χ3v) is 6.24. The number of ether oxygens (including phenoxy) is 3. The maximum atomic E-state index is 13.7. The molecular formula is C27H26FNO4. The number of fused-ring (bicyclic) bond motifs is 1. The second kappa shape index (κ2) is 9.41. The highest BCUT2D eigenvalue weighted by atomic mass is 19.1. The zero-order valence-corrected chi connectivity index (χ0v) is 18.5. The molecule has 33 heavy (non-hydrogen) atoms. The number of nitrogens with zero attached hydrogens (tertiary/aromatic N) is 1. The van der Waals surface area contributed by atoms with Crippen molar-refractivity contribution in [2.75, 3.05) is 13.9 Å². The minimum Gasteiger partial charge on any atom is -0.469 e. The van der Waals surface area contributed by atoms with Gasteiger partial charge in [-0.25, -0.2) is 4.39 Å². The molecular weight excluding hydrogens is 421 g/mol. The Kier molecular flexibility index (Phi) is 6.20. The third kappa shape index (κ3) is 4.82. The molecule has 2 heterocycles. The molecule has 1 aliphatic heterocycles. The summed E-state index contributed by atoms with van der Waals surface area (Å²) >= 11 is 0. The van der Waals surface area contributed by atoms with Gasteiger partial charge in [-0.2, -0.15) is 0 Å². The zero-order chi connectivity index (χ0) is 22.8. The van der Waals surface area contributed by atoms with Crippen LogP contribution < -0.4 is 0 Å². The summed E-state index contributed by atoms with van der Waals surface area (Å²) in [5.41, 5.74) is 5.06. The number of rotatable bonds is 6. The number of methoxy groups -OCH3 is 1. The van der Waals surface area contributed by atoms with Crippen molar-refractivity contribution >= 4 is 22.9 Å². The van der Waals surface area contributed by atoms with Crippen LogP contribution >= 0.6 is 0 Å². The fourth-order valence-electron chi connectivity index (χ4n) is 4.38. The summed E-state index contributed by atoms with van der Waals surface area (Å²) in [4.78, 5) is 16.7. The summed E-state index contributed by atoms with van der Waals surface area (Å²) < 4.78 is 29.8. The van der Waals surface area contributed by atoms with Crippen LogP contribution in [0.1, 0.15) is 42.9 Å². The van der Waals surface area contributed by atoms with Crippen LogP contribution in [-0.4, -0.2) is 37.1 Å². The van der Waals surface area contributed by atoms with Crippen molar-refractivity contribution < 1.29 is 23.4 Å². The molecule has 0 radical (unpaired) electrons. The molecule has 1 aliphatic carbocycles. The predicted molar refractivity (Wildman–Crippen MR) is 124 cm³/mol. The summed E-state index contributed by atoms with van der Waals surface area (Å²) in [5, 5.41) is 1.03. The number of halogens is 1. The first-order chi connectivity index (χ1) is 16.1. The molecule has 1 saturated heterocycles. The Balaban J connectivity index is 1.55. The van der Waals surface area contributed by atoms with Gasteiger partial charge in [0.1, 0.15) is 12.6 Å². The first kappa shape index (κ1) is 21.7. The number of aromatic nitrogens is 1. The Morgan fingerprint density at radius 1 is 1.15 bits per heavy atom. The van der Waals surface area contributed by atoms with Gasteiger partial charge in [-0.3, -0.25) is 9.78 Å². The van der Waals surface area contributed by atoms with Gasteiger partial charge in [0.15, 0.2) is 0 Å². The van der Waals surface area contributed by atoms with Gasteiger partial charge in [0.2, 0.25) is 0 Å². The van der Waals surface area contributed by atoms with E-state index >= 15 is 0 Å². The number of carbonyl (C=O) groups is 1. The number of hydrogen-bond donors (Lipinski definition) is 0. The summed E-state index contributed by atoms with van der Waals surface area (Å²) in [5.74, 6) is -0.127. The number of para-hydroxylation sites is 1. The van der Waals surface area contributed by atoms with Crippen molar-refractivity contribution in [3.63, 3.8) is 0 Å². The van der Waals surface area contributed by atoms with Gasteiger partial charge >= 0.3 is 5.97 Å². The van der Waals surface area contributed by atoms with Gasteiger partial charge in [-0.15, -0.1) is 0 Å². The molecule has 2 aliphatic rings. The maximum absolute atomic E-state index is 13.7. The topological polar surface area (TPSA) is 57.7 Å². The summed E-state index contributed by atoms with van der Waals surface area (Å²) in [7, 11) is 1.38. The predicted octanol–water partition coefficient (Wildman–Crippen LogP) is 5.63. The van der Waals surface area contributed by atoms with E-state index in [1.54, 1.807) is 0 Å². The molecule has 3 aromatic rings. The lowest BCUT2D eigenvalue weighted by Gasteiger charge is -2.27. The van der Waals surface area contributed by atoms with Crippen LogP contribution in [0.15, 0.2) is 54.6 Å². The van der Waals surface area contributed by atoms with Gasteiger partial charge in [0.25, 0.3) is 0 Å². The molecule has 2 fully saturated rings. The van der Waals surface area contributed by atoms with Crippen molar-refractivity contribution in [1.29, 1.82) is 0 Å². The van der Waals surface area contributed by atoms with E-state index in [-0.39, 0.29) is 37.2 Å². The fourth-order valence-corrected chi connectivity index (χ4v) is 4.38. The number of hydrogen-bond acceptors (Lipinski definition) is 5. The summed E-state index contributed by atoms with van der Waals surface area (Å²) in [6.07, 6.45) is 6.68. The lowest BCUT2D eigenvalue weighted by molar-refractivity contribution is -0.172. The van der Waals surface area contributed by atoms with Crippen molar-refractivity contribution in [2.24, 2.45) is 0 Å². The van der Waals surface area contributed by atoms with Crippen LogP contribution in [0.2, 0.25) is 0 Å². The molecule has 170 valence electrons. The molecule has 1 saturated carbocycles. The van der Waals surface area contributed by atoms with E-state index < -0.39 is 0 Å². The minimum absolute atomic E-state index is 0.132. The smallest absolute Gasteiger partial charge is 0.308 e. The van der Waals surface area contributed by atoms with Crippen LogP contribution in [0.5, 0.6) is 0 Å². The first-order valence-corrected chi connectivity index (χ1v) is 11.3. The van der Waals surface area contributed by atoms with Crippen molar-refractivity contribution in [3.05, 3.63) is 71.7 Å². The Hall–Kier alpha value is -3.09. The molecule has 6 heteroatoms. The first-order valence-electron chi connectivity index (χ1n) is 11.3. The Morgan fingerprint density at radius 3 is 2.70 bits per heavy atom. The molecule has 2 aromatic carbocycles. The van der Waals surface area contributed by atoms with Crippen LogP contribution in [-0.2, 0) is 19.0 Å². The highest BCUT2D eigenvalue weighted by Gasteiger charge is 2.30. The van der Waals surface area contributed by atoms with E-state index in [0.717, 1.165) is 46.1 Å². The lowest BCUT2D eigenvalue weighted by Crippen LogP contribution is -2.32. The highest BCUT2D eigenvalue weighted by Crippen LogP contribution is 2.45. The van der Waals surface area contributed by atoms with Crippen molar-refractivity contribution in [3.8, 4) is 11.1 Å². The summed E-state index contributed by atoms with van der Waals surface area (Å²) in [6, 6.07) is 14.7. The van der Waals surface area contributed by atoms with Crippen LogP contribution in [0.25, 0.3) is 28.1 Å². The zero-order valence-electron chi connectivity index (χ0n) is 18.5. The van der Waals surface area contributed by atoms with Gasteiger partial charge < -0.3 is 14.2 Å². The molecule has 0 amide bonds. The highest BCUT2D eigenvalue weighted by molar-refractivity contribution is 5.99. The number of esters is 1. The number of benzene rings is 2. The normalized spacial score (nSPS) is 20.9. The average molecular weight is 448 g/mol. The number of carbonyl (C=O) groups excluding carboxylic acids is 1. The molecule has 5 rings (SSSR count). The van der Waals surface area contributed by atoms with E-state index in [1.165, 1.54) is 19.2 Å². The minimum atomic E-state index is -0.294. The Bertz CT molecular complexity index is 1190. The van der Waals surface area contributed by atoms with Gasteiger partial charge in [-0.1, -0.05) is 42.5 Å². The molecule has 2 atom stereocenters. The second-order valence-electron chi connectivity index (χ2n) is 8.57. The van der Waals surface area contributed by atoms with E-state index in [2.05, 4.69) is 12.1 Å². The Labute approximate surface area is 192 Å². The van der Waals surface area contributed by atoms with Crippen molar-refractivity contribution in [1.82, 2.24) is 4.98 Å². The van der Waals surface area contributed by atoms with Crippen LogP contribution in [0, 0.1) is 5.82 Å². The van der Waals surface area contributed by atoms with E-state index in [9.17, 15) is 9.18 Å². The van der Waals surface area contributed by atoms with Crippen LogP contribution in [0.3, 0.4) is 0 Å². The van der Waals surface area contributed by atoms with Gasteiger partial charge in [0, 0.05) is 28.9 Å². The van der Waals surface area contributed by atoms with Crippen molar-refractivity contribution in [2.45, 2.75) is 43.8 Å². The molecule has 0 bridgehead atoms. The molecule has 0 unspecified atom stereocenters. The summed E-state index contributed by atoms with van der Waals surface area (Å²) in [6.45, 7) is 0.132. The monoisotopic (exact) mass is 447 g/mol. The van der Waals surface area contributed by atoms with Gasteiger partial charge in [-0.05, 0) is 36.6 Å². The molecule has 0 spiro atoms. The average Bonchev–Trinajstić information content (AvgIpc) is 3.68. The molecule has 0 N–H and O–H groups in total. The third-order valence-electron chi connectivity index (χ3n) is 6.24. The standard InChI is InChI=1S/C27H26FNO4/c1-31-25(30)15-21-14-20(32-16-33-21)12-13-23-26(17-8-10-19(28)11-9-17)22-4-2-3-5-24(22)29-27(23)18-6-7-18/h2-5,8-13,18,20-21H,6-7,14-16H2,1H3/b13-12+/t20-,21-/m1/s1. The largest absolute Gasteiger partial charge is 0.469 e. The molecule has 1 aromatic heterocycles.